The van der Waals surface area contributed by atoms with E-state index in [1.807, 2.05) is 0 Å². The lowest BCUT2D eigenvalue weighted by Gasteiger charge is -2.16. The zero-order valence-corrected chi connectivity index (χ0v) is 19.4. The summed E-state index contributed by atoms with van der Waals surface area (Å²) in [5, 5.41) is 11.5. The maximum absolute atomic E-state index is 13.7. The summed E-state index contributed by atoms with van der Waals surface area (Å²) in [7, 11) is 1.72. The van der Waals surface area contributed by atoms with Crippen molar-refractivity contribution in [3.05, 3.63) is 92.9 Å². The van der Waals surface area contributed by atoms with Crippen LogP contribution in [0.3, 0.4) is 0 Å². The van der Waals surface area contributed by atoms with E-state index < -0.39 is 18.3 Å². The third-order valence-corrected chi connectivity index (χ3v) is 5.48. The number of nitrogens with zero attached hydrogens (tertiary/aromatic N) is 2. The van der Waals surface area contributed by atoms with Gasteiger partial charge in [0.05, 0.1) is 11.4 Å². The fourth-order valence-corrected chi connectivity index (χ4v) is 3.71. The summed E-state index contributed by atoms with van der Waals surface area (Å²) in [5.74, 6) is -0.243. The number of hydrogen-bond acceptors (Lipinski definition) is 5. The molecular formula is C24H18BrF3N4O2. The van der Waals surface area contributed by atoms with Gasteiger partial charge in [-0.15, -0.1) is 0 Å². The molecular weight excluding hydrogens is 513 g/mol. The summed E-state index contributed by atoms with van der Waals surface area (Å²) in [5.41, 5.74) is 2.07. The quantitative estimate of drug-likeness (QED) is 0.477. The molecule has 2 heterocycles. The molecule has 0 atom stereocenters. The maximum atomic E-state index is 13.7. The second-order valence-electron chi connectivity index (χ2n) is 7.38. The minimum atomic E-state index is -4.52. The number of alkyl halides is 3. The van der Waals surface area contributed by atoms with Gasteiger partial charge in [-0.25, -0.2) is 0 Å². The molecule has 1 aliphatic carbocycles. The zero-order chi connectivity index (χ0) is 24.5. The number of halogens is 4. The minimum Gasteiger partial charge on any atom is -0.468 e. The number of hydrogen-bond donors (Lipinski definition) is 2. The molecule has 0 fully saturated rings. The molecule has 0 saturated carbocycles. The Balaban J connectivity index is 1.94. The third kappa shape index (κ3) is 4.96. The maximum Gasteiger partial charge on any atom is 0.422 e. The Morgan fingerprint density at radius 2 is 1.91 bits per heavy atom. The van der Waals surface area contributed by atoms with Crippen LogP contribution in [0.2, 0.25) is 0 Å². The second kappa shape index (κ2) is 9.30. The lowest BCUT2D eigenvalue weighted by atomic mass is 9.95. The van der Waals surface area contributed by atoms with Gasteiger partial charge in [0.25, 0.3) is 5.56 Å². The first-order valence-electron chi connectivity index (χ1n) is 10.0. The number of pyridine rings is 2. The van der Waals surface area contributed by atoms with Crippen molar-refractivity contribution in [2.75, 3.05) is 13.7 Å². The molecule has 0 aliphatic heterocycles. The molecule has 0 amide bonds. The van der Waals surface area contributed by atoms with Crippen LogP contribution < -0.4 is 15.6 Å². The average molecular weight is 531 g/mol. The number of allylic oxidation sites excluding steroid dienone is 5. The molecule has 3 aromatic rings. The lowest BCUT2D eigenvalue weighted by Crippen LogP contribution is -2.24. The Morgan fingerprint density at radius 1 is 1.18 bits per heavy atom. The summed E-state index contributed by atoms with van der Waals surface area (Å²) < 4.78 is 44.8. The predicted octanol–water partition coefficient (Wildman–Crippen LogP) is 5.17. The Morgan fingerprint density at radius 3 is 2.59 bits per heavy atom. The highest BCUT2D eigenvalue weighted by molar-refractivity contribution is 9.10. The minimum absolute atomic E-state index is 0.162. The van der Waals surface area contributed by atoms with Crippen LogP contribution in [-0.4, -0.2) is 35.1 Å². The van der Waals surface area contributed by atoms with Crippen molar-refractivity contribution in [2.24, 2.45) is 0 Å². The van der Waals surface area contributed by atoms with Crippen molar-refractivity contribution in [1.29, 1.82) is 5.41 Å². The van der Waals surface area contributed by atoms with E-state index in [9.17, 15) is 18.0 Å². The molecule has 0 spiro atoms. The highest BCUT2D eigenvalue weighted by Crippen LogP contribution is 2.27. The number of aromatic nitrogens is 2. The second-order valence-corrected chi connectivity index (χ2v) is 8.29. The molecule has 6 nitrogen and oxygen atoms in total. The van der Waals surface area contributed by atoms with Gasteiger partial charge >= 0.3 is 6.18 Å². The first kappa shape index (κ1) is 23.5. The third-order valence-electron chi connectivity index (χ3n) is 4.96. The Kier molecular flexibility index (Phi) is 6.43. The van der Waals surface area contributed by atoms with Crippen molar-refractivity contribution in [1.82, 2.24) is 14.9 Å². The number of rotatable bonds is 5. The first-order valence-corrected chi connectivity index (χ1v) is 10.8. The van der Waals surface area contributed by atoms with Crippen LogP contribution in [0.5, 0.6) is 5.88 Å². The molecule has 0 saturated heterocycles. The number of nitrogens with one attached hydrogen (secondary N) is 2. The van der Waals surface area contributed by atoms with Crippen LogP contribution >= 0.6 is 15.9 Å². The summed E-state index contributed by atoms with van der Waals surface area (Å²) >= 11 is 3.36. The van der Waals surface area contributed by atoms with Gasteiger partial charge in [-0.1, -0.05) is 22.0 Å². The summed E-state index contributed by atoms with van der Waals surface area (Å²) in [4.78, 5) is 17.9. The van der Waals surface area contributed by atoms with Crippen molar-refractivity contribution in [3.8, 4) is 11.6 Å². The van der Waals surface area contributed by atoms with Crippen LogP contribution in [0.4, 0.5) is 13.2 Å². The largest absolute Gasteiger partial charge is 0.468 e. The molecule has 0 bridgehead atoms. The topological polar surface area (TPSA) is 80.0 Å². The van der Waals surface area contributed by atoms with Crippen LogP contribution in [0.15, 0.2) is 81.7 Å². The molecule has 34 heavy (non-hydrogen) atoms. The van der Waals surface area contributed by atoms with Crippen LogP contribution in [0, 0.1) is 5.41 Å². The van der Waals surface area contributed by atoms with Gasteiger partial charge in [-0.2, -0.15) is 18.2 Å². The molecule has 10 heteroatoms. The normalized spacial score (nSPS) is 15.0. The van der Waals surface area contributed by atoms with E-state index in [-0.39, 0.29) is 11.5 Å². The predicted molar refractivity (Wildman–Crippen MR) is 129 cm³/mol. The van der Waals surface area contributed by atoms with Gasteiger partial charge in [-0.05, 0) is 54.1 Å². The zero-order valence-electron chi connectivity index (χ0n) is 17.8. The highest BCUT2D eigenvalue weighted by atomic mass is 79.9. The van der Waals surface area contributed by atoms with E-state index >= 15 is 0 Å². The fraction of sp³-hybridized carbons (Fsp3) is 0.125. The SMILES string of the molecule is CN/C=C1/C=C(c2cc3ccc(OCC(F)(F)F)nc3n(-c3ccc(Br)cc3)c2=O)C=CC1=N. The summed E-state index contributed by atoms with van der Waals surface area (Å²) in [6.45, 7) is -1.49. The van der Waals surface area contributed by atoms with Gasteiger partial charge in [0.2, 0.25) is 5.88 Å². The number of benzene rings is 1. The van der Waals surface area contributed by atoms with Gasteiger partial charge in [0.1, 0.15) is 0 Å². The van der Waals surface area contributed by atoms with Crippen molar-refractivity contribution < 1.29 is 17.9 Å². The first-order chi connectivity index (χ1) is 16.2. The van der Waals surface area contributed by atoms with E-state index in [0.717, 1.165) is 4.47 Å². The summed E-state index contributed by atoms with van der Waals surface area (Å²) in [6, 6.07) is 11.4. The Bertz CT molecular complexity index is 1420. The van der Waals surface area contributed by atoms with Gasteiger partial charge in [0, 0.05) is 40.3 Å². The molecule has 174 valence electrons. The van der Waals surface area contributed by atoms with E-state index in [1.54, 1.807) is 67.9 Å². The highest BCUT2D eigenvalue weighted by Gasteiger charge is 2.29. The van der Waals surface area contributed by atoms with E-state index in [1.165, 1.54) is 10.6 Å². The number of ether oxygens (including phenoxy) is 1. The molecule has 4 rings (SSSR count). The van der Waals surface area contributed by atoms with Crippen LogP contribution in [-0.2, 0) is 0 Å². The van der Waals surface area contributed by atoms with Crippen LogP contribution in [0.1, 0.15) is 5.56 Å². The molecule has 2 aromatic heterocycles. The van der Waals surface area contributed by atoms with E-state index in [4.69, 9.17) is 10.1 Å². The monoisotopic (exact) mass is 530 g/mol. The van der Waals surface area contributed by atoms with Crippen LogP contribution in [0.25, 0.3) is 22.3 Å². The molecule has 1 aromatic carbocycles. The molecule has 0 radical (unpaired) electrons. The van der Waals surface area contributed by atoms with Crippen molar-refractivity contribution in [2.45, 2.75) is 6.18 Å². The average Bonchev–Trinajstić information content (AvgIpc) is 2.79. The van der Waals surface area contributed by atoms with Gasteiger partial charge in [0.15, 0.2) is 12.3 Å². The summed E-state index contributed by atoms with van der Waals surface area (Å²) in [6.07, 6.45) is 2.14. The van der Waals surface area contributed by atoms with Gasteiger partial charge in [-0.3, -0.25) is 9.36 Å². The fourth-order valence-electron chi connectivity index (χ4n) is 3.45. The van der Waals surface area contributed by atoms with E-state index in [2.05, 4.69) is 26.2 Å². The van der Waals surface area contributed by atoms with Crippen molar-refractivity contribution in [3.63, 3.8) is 0 Å². The molecule has 1 aliphatic rings. The Hall–Kier alpha value is -3.66. The van der Waals surface area contributed by atoms with E-state index in [0.29, 0.717) is 33.5 Å². The van der Waals surface area contributed by atoms with Crippen molar-refractivity contribution >= 4 is 38.2 Å². The Labute approximate surface area is 200 Å². The smallest absolute Gasteiger partial charge is 0.422 e. The molecule has 0 unspecified atom stereocenters. The lowest BCUT2D eigenvalue weighted by molar-refractivity contribution is -0.154. The number of fused-ring (bicyclic) bond motifs is 1. The molecule has 2 N–H and O–H groups in total. The van der Waals surface area contributed by atoms with Gasteiger partial charge < -0.3 is 15.5 Å². The standard InChI is InChI=1S/C24H18BrF3N4O2/c1-30-12-16-10-14(2-8-20(16)29)19-11-15-3-9-21(34-13-24(26,27)28)31-22(15)32(23(19)33)18-6-4-17(25)5-7-18/h2-12,29-30H,13H2,1H3/b16-12-,29-20?.